The van der Waals surface area contributed by atoms with Gasteiger partial charge < -0.3 is 14.9 Å². The summed E-state index contributed by atoms with van der Waals surface area (Å²) >= 11 is 0. The summed E-state index contributed by atoms with van der Waals surface area (Å²) in [5.41, 5.74) is 2.28. The van der Waals surface area contributed by atoms with Gasteiger partial charge in [-0.3, -0.25) is 0 Å². The summed E-state index contributed by atoms with van der Waals surface area (Å²) in [6, 6.07) is 8.78. The number of aromatic nitrogens is 2. The van der Waals surface area contributed by atoms with Gasteiger partial charge in [0.25, 0.3) is 0 Å². The summed E-state index contributed by atoms with van der Waals surface area (Å²) in [6.07, 6.45) is 6.42. The lowest BCUT2D eigenvalue weighted by Gasteiger charge is -2.27. The topological polar surface area (TPSA) is 71.2 Å². The molecule has 1 saturated carbocycles. The van der Waals surface area contributed by atoms with Crippen molar-refractivity contribution in [2.75, 3.05) is 6.54 Å². The molecule has 1 aliphatic rings. The molecule has 1 aliphatic carbocycles. The summed E-state index contributed by atoms with van der Waals surface area (Å²) in [6.45, 7) is 3.16. The smallest absolute Gasteiger partial charge is 0.229 e. The summed E-state index contributed by atoms with van der Waals surface area (Å²) in [5, 5.41) is 16.7. The highest BCUT2D eigenvalue weighted by Gasteiger charge is 2.25. The molecule has 3 rings (SSSR count). The number of aliphatic hydroxyl groups excluding tert-OH is 1. The number of hydrogen-bond donors (Lipinski definition) is 2. The summed E-state index contributed by atoms with van der Waals surface area (Å²) in [5.74, 6) is 2.08. The fraction of sp³-hybridized carbons (Fsp3) is 0.579. The Morgan fingerprint density at radius 3 is 2.46 bits per heavy atom. The first-order valence-corrected chi connectivity index (χ1v) is 9.03. The van der Waals surface area contributed by atoms with Gasteiger partial charge in [0.05, 0.1) is 6.61 Å². The molecule has 1 heterocycles. The third-order valence-corrected chi connectivity index (χ3v) is 4.93. The predicted octanol–water partition coefficient (Wildman–Crippen LogP) is 2.98. The number of nitrogens with zero attached hydrogens (tertiary/aromatic N) is 2. The van der Waals surface area contributed by atoms with Gasteiger partial charge in [-0.05, 0) is 49.8 Å². The maximum Gasteiger partial charge on any atom is 0.229 e. The van der Waals surface area contributed by atoms with Crippen LogP contribution in [0, 0.1) is 0 Å². The molecule has 2 aromatic rings. The van der Waals surface area contributed by atoms with Gasteiger partial charge in [0.2, 0.25) is 5.89 Å². The molecule has 0 aliphatic heterocycles. The average Bonchev–Trinajstić information content (AvgIpc) is 3.12. The van der Waals surface area contributed by atoms with E-state index >= 15 is 0 Å². The standard InChI is InChI=1S/C19H27N3O2/c1-2-18-21-19(24-22-18)16-7-9-17(10-8-16)20-12-11-14-3-5-15(13-23)6-4-14/h3-6,16-17,20,23H,2,7-13H2,1H3. The van der Waals surface area contributed by atoms with Crippen molar-refractivity contribution in [3.63, 3.8) is 0 Å². The van der Waals surface area contributed by atoms with E-state index in [9.17, 15) is 0 Å². The molecular weight excluding hydrogens is 302 g/mol. The third-order valence-electron chi connectivity index (χ3n) is 4.93. The largest absolute Gasteiger partial charge is 0.392 e. The van der Waals surface area contributed by atoms with Crippen LogP contribution in [0.4, 0.5) is 0 Å². The second kappa shape index (κ2) is 8.40. The average molecular weight is 329 g/mol. The molecule has 0 spiro atoms. The number of rotatable bonds is 7. The molecule has 130 valence electrons. The second-order valence-electron chi connectivity index (χ2n) is 6.63. The van der Waals surface area contributed by atoms with Crippen LogP contribution in [0.5, 0.6) is 0 Å². The number of hydrogen-bond acceptors (Lipinski definition) is 5. The van der Waals surface area contributed by atoms with Gasteiger partial charge in [0, 0.05) is 18.4 Å². The highest BCUT2D eigenvalue weighted by molar-refractivity contribution is 5.22. The van der Waals surface area contributed by atoms with Crippen molar-refractivity contribution >= 4 is 0 Å². The van der Waals surface area contributed by atoms with Gasteiger partial charge in [-0.1, -0.05) is 36.3 Å². The van der Waals surface area contributed by atoms with E-state index in [1.165, 1.54) is 5.56 Å². The monoisotopic (exact) mass is 329 g/mol. The zero-order chi connectivity index (χ0) is 16.8. The predicted molar refractivity (Wildman–Crippen MR) is 92.7 cm³/mol. The lowest BCUT2D eigenvalue weighted by Crippen LogP contribution is -2.34. The fourth-order valence-corrected chi connectivity index (χ4v) is 3.35. The van der Waals surface area contributed by atoms with E-state index in [2.05, 4.69) is 27.6 Å². The van der Waals surface area contributed by atoms with E-state index in [0.29, 0.717) is 12.0 Å². The maximum absolute atomic E-state index is 9.07. The van der Waals surface area contributed by atoms with Gasteiger partial charge >= 0.3 is 0 Å². The molecule has 0 atom stereocenters. The van der Waals surface area contributed by atoms with Crippen molar-refractivity contribution < 1.29 is 9.63 Å². The van der Waals surface area contributed by atoms with E-state index in [0.717, 1.165) is 62.3 Å². The van der Waals surface area contributed by atoms with Crippen LogP contribution in [0.15, 0.2) is 28.8 Å². The third kappa shape index (κ3) is 4.42. The van der Waals surface area contributed by atoms with Crippen LogP contribution in [0.1, 0.15) is 61.4 Å². The number of nitrogens with one attached hydrogen (secondary N) is 1. The Balaban J connectivity index is 1.39. The van der Waals surface area contributed by atoms with Gasteiger partial charge in [0.1, 0.15) is 0 Å². The highest BCUT2D eigenvalue weighted by atomic mass is 16.5. The normalized spacial score (nSPS) is 21.1. The van der Waals surface area contributed by atoms with E-state index in [1.807, 2.05) is 19.1 Å². The Morgan fingerprint density at radius 1 is 1.12 bits per heavy atom. The summed E-state index contributed by atoms with van der Waals surface area (Å²) < 4.78 is 5.39. The van der Waals surface area contributed by atoms with Gasteiger partial charge in [-0.15, -0.1) is 0 Å². The number of aliphatic hydroxyl groups is 1. The van der Waals surface area contributed by atoms with E-state index in [4.69, 9.17) is 9.63 Å². The zero-order valence-electron chi connectivity index (χ0n) is 14.4. The van der Waals surface area contributed by atoms with Crippen molar-refractivity contribution in [3.8, 4) is 0 Å². The van der Waals surface area contributed by atoms with Gasteiger partial charge in [0.15, 0.2) is 5.82 Å². The molecular formula is C19H27N3O2. The van der Waals surface area contributed by atoms with Gasteiger partial charge in [-0.25, -0.2) is 0 Å². The van der Waals surface area contributed by atoms with Crippen LogP contribution >= 0.6 is 0 Å². The van der Waals surface area contributed by atoms with Crippen LogP contribution in [0.25, 0.3) is 0 Å². The Morgan fingerprint density at radius 2 is 1.83 bits per heavy atom. The number of aryl methyl sites for hydroxylation is 1. The van der Waals surface area contributed by atoms with Crippen molar-refractivity contribution in [1.29, 1.82) is 0 Å². The van der Waals surface area contributed by atoms with Crippen LogP contribution < -0.4 is 5.32 Å². The Bertz CT molecular complexity index is 616. The minimum Gasteiger partial charge on any atom is -0.392 e. The maximum atomic E-state index is 9.07. The summed E-state index contributed by atoms with van der Waals surface area (Å²) in [4.78, 5) is 4.48. The quantitative estimate of drug-likeness (QED) is 0.817. The lowest BCUT2D eigenvalue weighted by atomic mass is 9.86. The first-order valence-electron chi connectivity index (χ1n) is 9.03. The molecule has 24 heavy (non-hydrogen) atoms. The van der Waals surface area contributed by atoms with Gasteiger partial charge in [-0.2, -0.15) is 4.98 Å². The highest BCUT2D eigenvalue weighted by Crippen LogP contribution is 2.31. The Kier molecular flexibility index (Phi) is 5.99. The Labute approximate surface area is 143 Å². The van der Waals surface area contributed by atoms with E-state index in [1.54, 1.807) is 0 Å². The Hall–Kier alpha value is -1.72. The van der Waals surface area contributed by atoms with E-state index < -0.39 is 0 Å². The fourth-order valence-electron chi connectivity index (χ4n) is 3.35. The zero-order valence-corrected chi connectivity index (χ0v) is 14.4. The van der Waals surface area contributed by atoms with Crippen molar-refractivity contribution in [1.82, 2.24) is 15.5 Å². The first-order chi connectivity index (χ1) is 11.8. The van der Waals surface area contributed by atoms with Crippen LogP contribution in [0.2, 0.25) is 0 Å². The van der Waals surface area contributed by atoms with Crippen LogP contribution in [-0.4, -0.2) is 27.8 Å². The molecule has 0 saturated heterocycles. The molecule has 0 radical (unpaired) electrons. The minimum absolute atomic E-state index is 0.113. The lowest BCUT2D eigenvalue weighted by molar-refractivity contribution is 0.281. The van der Waals surface area contributed by atoms with Crippen molar-refractivity contribution in [2.45, 2.75) is 64.0 Å². The van der Waals surface area contributed by atoms with Crippen molar-refractivity contribution in [2.24, 2.45) is 0 Å². The molecule has 1 aromatic carbocycles. The molecule has 5 nitrogen and oxygen atoms in total. The first kappa shape index (κ1) is 17.1. The minimum atomic E-state index is 0.113. The van der Waals surface area contributed by atoms with E-state index in [-0.39, 0.29) is 6.61 Å². The molecule has 0 unspecified atom stereocenters. The van der Waals surface area contributed by atoms with Crippen LogP contribution in [0.3, 0.4) is 0 Å². The molecule has 0 amide bonds. The molecule has 2 N–H and O–H groups in total. The summed E-state index contributed by atoms with van der Waals surface area (Å²) in [7, 11) is 0. The molecule has 1 aromatic heterocycles. The van der Waals surface area contributed by atoms with Crippen LogP contribution in [-0.2, 0) is 19.4 Å². The molecule has 0 bridgehead atoms. The second-order valence-corrected chi connectivity index (χ2v) is 6.63. The molecule has 5 heteroatoms. The SMILES string of the molecule is CCc1noc(C2CCC(NCCc3ccc(CO)cc3)CC2)n1. The van der Waals surface area contributed by atoms with Crippen molar-refractivity contribution in [3.05, 3.63) is 47.1 Å². The number of benzene rings is 1. The molecule has 1 fully saturated rings.